The maximum absolute atomic E-state index is 12.0. The quantitative estimate of drug-likeness (QED) is 0.805. The number of carbonyl (C=O) groups excluding carboxylic acids is 1. The van der Waals surface area contributed by atoms with Crippen LogP contribution in [-0.4, -0.2) is 64.3 Å². The maximum Gasteiger partial charge on any atom is 0.409 e. The normalized spacial score (nSPS) is 23.0. The number of hydrogen-bond donors (Lipinski definition) is 0. The summed E-state index contributed by atoms with van der Waals surface area (Å²) in [5, 5.41) is 0. The number of piperidine rings is 1. The summed E-state index contributed by atoms with van der Waals surface area (Å²) in [7, 11) is 0. The Balaban J connectivity index is 1.50. The molecule has 3 heterocycles. The molecule has 0 N–H and O–H groups in total. The molecule has 2 fully saturated rings. The van der Waals surface area contributed by atoms with E-state index in [9.17, 15) is 4.79 Å². The fourth-order valence-corrected chi connectivity index (χ4v) is 4.47. The molecule has 1 atom stereocenters. The molecule has 0 saturated carbocycles. The first kappa shape index (κ1) is 19.2. The molecule has 1 unspecified atom stereocenters. The van der Waals surface area contributed by atoms with Crippen LogP contribution < -0.4 is 0 Å². The summed E-state index contributed by atoms with van der Waals surface area (Å²) in [5.74, 6) is 1.87. The fourth-order valence-electron chi connectivity index (χ4n) is 4.47. The van der Waals surface area contributed by atoms with Gasteiger partial charge in [-0.05, 0) is 58.5 Å². The van der Waals surface area contributed by atoms with Crippen molar-refractivity contribution in [1.29, 1.82) is 0 Å². The molecule has 6 nitrogen and oxygen atoms in total. The molecule has 1 amide bonds. The van der Waals surface area contributed by atoms with Crippen LogP contribution in [0.4, 0.5) is 4.79 Å². The van der Waals surface area contributed by atoms with Gasteiger partial charge in [0.05, 0.1) is 6.61 Å². The van der Waals surface area contributed by atoms with Crippen molar-refractivity contribution in [2.24, 2.45) is 0 Å². The standard InChI is InChI=1S/C20H34N4O2/c1-3-11-23-16-10-21-19(23)17-7-13-22(14-8-17)18-6-5-12-24(15-9-18)20(25)26-4-2/h10,16-18H,3-9,11-15H2,1-2H3. The van der Waals surface area contributed by atoms with Crippen molar-refractivity contribution in [2.75, 3.05) is 32.8 Å². The Morgan fingerprint density at radius 1 is 1.15 bits per heavy atom. The van der Waals surface area contributed by atoms with Gasteiger partial charge in [-0.1, -0.05) is 6.92 Å². The first-order valence-electron chi connectivity index (χ1n) is 10.4. The largest absolute Gasteiger partial charge is 0.450 e. The first-order valence-corrected chi connectivity index (χ1v) is 10.4. The van der Waals surface area contributed by atoms with Gasteiger partial charge in [0.1, 0.15) is 5.82 Å². The van der Waals surface area contributed by atoms with E-state index in [4.69, 9.17) is 4.74 Å². The SMILES string of the molecule is CCCn1ccnc1C1CCN(C2CCCN(C(=O)OCC)CC2)CC1. The monoisotopic (exact) mass is 362 g/mol. The Kier molecular flexibility index (Phi) is 6.94. The third-order valence-corrected chi connectivity index (χ3v) is 5.85. The molecule has 0 radical (unpaired) electrons. The molecule has 1 aromatic rings. The van der Waals surface area contributed by atoms with Gasteiger partial charge in [-0.25, -0.2) is 9.78 Å². The molecule has 3 rings (SSSR count). The second kappa shape index (κ2) is 9.40. The number of amides is 1. The Hall–Kier alpha value is -1.56. The van der Waals surface area contributed by atoms with Crippen LogP contribution >= 0.6 is 0 Å². The summed E-state index contributed by atoms with van der Waals surface area (Å²) >= 11 is 0. The van der Waals surface area contributed by atoms with Gasteiger partial charge in [-0.2, -0.15) is 0 Å². The van der Waals surface area contributed by atoms with Crippen LogP contribution in [0, 0.1) is 0 Å². The second-order valence-corrected chi connectivity index (χ2v) is 7.56. The van der Waals surface area contributed by atoms with Crippen molar-refractivity contribution in [3.05, 3.63) is 18.2 Å². The van der Waals surface area contributed by atoms with Crippen LogP contribution in [-0.2, 0) is 11.3 Å². The van der Waals surface area contributed by atoms with Gasteiger partial charge >= 0.3 is 6.09 Å². The summed E-state index contributed by atoms with van der Waals surface area (Å²) < 4.78 is 7.50. The van der Waals surface area contributed by atoms with Gasteiger partial charge in [0.15, 0.2) is 0 Å². The van der Waals surface area contributed by atoms with E-state index < -0.39 is 0 Å². The minimum atomic E-state index is -0.144. The Morgan fingerprint density at radius 3 is 2.69 bits per heavy atom. The highest BCUT2D eigenvalue weighted by atomic mass is 16.6. The van der Waals surface area contributed by atoms with Gasteiger partial charge in [0, 0.05) is 44.0 Å². The van der Waals surface area contributed by atoms with Crippen molar-refractivity contribution in [1.82, 2.24) is 19.4 Å². The molecule has 2 saturated heterocycles. The van der Waals surface area contributed by atoms with Gasteiger partial charge in [0.2, 0.25) is 0 Å². The lowest BCUT2D eigenvalue weighted by Gasteiger charge is -2.37. The highest BCUT2D eigenvalue weighted by molar-refractivity contribution is 5.67. The molecule has 26 heavy (non-hydrogen) atoms. The molecular weight excluding hydrogens is 328 g/mol. The number of rotatable bonds is 5. The number of imidazole rings is 1. The number of aromatic nitrogens is 2. The molecule has 2 aliphatic heterocycles. The lowest BCUT2D eigenvalue weighted by Crippen LogP contribution is -2.42. The highest BCUT2D eigenvalue weighted by Crippen LogP contribution is 2.30. The smallest absolute Gasteiger partial charge is 0.409 e. The predicted octanol–water partition coefficient (Wildman–Crippen LogP) is 3.48. The topological polar surface area (TPSA) is 50.6 Å². The molecule has 2 aliphatic rings. The Bertz CT molecular complexity index is 566. The zero-order valence-electron chi connectivity index (χ0n) is 16.4. The molecule has 146 valence electrons. The van der Waals surface area contributed by atoms with E-state index in [1.165, 1.54) is 25.1 Å². The van der Waals surface area contributed by atoms with E-state index in [0.29, 0.717) is 18.6 Å². The average Bonchev–Trinajstić information content (AvgIpc) is 2.97. The van der Waals surface area contributed by atoms with E-state index in [-0.39, 0.29) is 6.09 Å². The van der Waals surface area contributed by atoms with Gasteiger partial charge in [-0.3, -0.25) is 0 Å². The highest BCUT2D eigenvalue weighted by Gasteiger charge is 2.30. The molecule has 0 aliphatic carbocycles. The summed E-state index contributed by atoms with van der Waals surface area (Å²) in [4.78, 5) is 21.2. The number of carbonyl (C=O) groups is 1. The molecule has 1 aromatic heterocycles. The van der Waals surface area contributed by atoms with Crippen LogP contribution in [0.25, 0.3) is 0 Å². The van der Waals surface area contributed by atoms with Crippen molar-refractivity contribution < 1.29 is 9.53 Å². The molecular formula is C20H34N4O2. The summed E-state index contributed by atoms with van der Waals surface area (Å²) in [6.45, 7) is 9.57. The fraction of sp³-hybridized carbons (Fsp3) is 0.800. The lowest BCUT2D eigenvalue weighted by atomic mass is 9.93. The Labute approximate surface area is 157 Å². The van der Waals surface area contributed by atoms with E-state index in [1.807, 2.05) is 18.0 Å². The summed E-state index contributed by atoms with van der Waals surface area (Å²) in [6.07, 6.45) is 10.8. The van der Waals surface area contributed by atoms with E-state index >= 15 is 0 Å². The second-order valence-electron chi connectivity index (χ2n) is 7.56. The summed E-state index contributed by atoms with van der Waals surface area (Å²) in [6, 6.07) is 0.603. The van der Waals surface area contributed by atoms with Crippen LogP contribution in [0.2, 0.25) is 0 Å². The number of nitrogens with zero attached hydrogens (tertiary/aromatic N) is 4. The molecule has 0 bridgehead atoms. The molecule has 0 spiro atoms. The minimum Gasteiger partial charge on any atom is -0.450 e. The van der Waals surface area contributed by atoms with Crippen molar-refractivity contribution >= 4 is 6.09 Å². The average molecular weight is 363 g/mol. The number of ether oxygens (including phenoxy) is 1. The third kappa shape index (κ3) is 4.58. The third-order valence-electron chi connectivity index (χ3n) is 5.85. The van der Waals surface area contributed by atoms with Crippen molar-refractivity contribution in [3.8, 4) is 0 Å². The van der Waals surface area contributed by atoms with Crippen molar-refractivity contribution in [2.45, 2.75) is 70.9 Å². The van der Waals surface area contributed by atoms with Crippen LogP contribution in [0.15, 0.2) is 12.4 Å². The zero-order chi connectivity index (χ0) is 18.4. The van der Waals surface area contributed by atoms with Crippen LogP contribution in [0.5, 0.6) is 0 Å². The zero-order valence-corrected chi connectivity index (χ0v) is 16.4. The molecule has 6 heteroatoms. The number of aryl methyl sites for hydroxylation is 1. The van der Waals surface area contributed by atoms with E-state index in [1.54, 1.807) is 0 Å². The first-order chi connectivity index (χ1) is 12.7. The predicted molar refractivity (Wildman–Crippen MR) is 102 cm³/mol. The van der Waals surface area contributed by atoms with Crippen LogP contribution in [0.3, 0.4) is 0 Å². The number of hydrogen-bond acceptors (Lipinski definition) is 4. The summed E-state index contributed by atoms with van der Waals surface area (Å²) in [5.41, 5.74) is 0. The number of likely N-dealkylation sites (tertiary alicyclic amines) is 2. The lowest BCUT2D eigenvalue weighted by molar-refractivity contribution is 0.105. The molecule has 0 aromatic carbocycles. The van der Waals surface area contributed by atoms with Crippen LogP contribution in [0.1, 0.15) is 64.1 Å². The minimum absolute atomic E-state index is 0.144. The van der Waals surface area contributed by atoms with E-state index in [0.717, 1.165) is 52.0 Å². The maximum atomic E-state index is 12.0. The van der Waals surface area contributed by atoms with Gasteiger partial charge in [-0.15, -0.1) is 0 Å². The van der Waals surface area contributed by atoms with Gasteiger partial charge in [0.25, 0.3) is 0 Å². The van der Waals surface area contributed by atoms with Crippen molar-refractivity contribution in [3.63, 3.8) is 0 Å². The Morgan fingerprint density at radius 2 is 1.96 bits per heavy atom. The van der Waals surface area contributed by atoms with E-state index in [2.05, 4.69) is 27.6 Å². The van der Waals surface area contributed by atoms with Gasteiger partial charge < -0.3 is 19.1 Å².